The average molecular weight is 521 g/mol. The molecular weight excluding hydrogens is 485 g/mol. The number of aromatic nitrogens is 1. The summed E-state index contributed by atoms with van der Waals surface area (Å²) in [5, 5.41) is 0. The molecule has 0 aliphatic carbocycles. The molecule has 8 heteroatoms. The van der Waals surface area contributed by atoms with Gasteiger partial charge in [-0.25, -0.2) is 4.39 Å². The summed E-state index contributed by atoms with van der Waals surface area (Å²) in [5.74, 6) is 1.22. The number of carbonyl (C=O) groups excluding carboxylic acids is 1. The number of aromatic amines is 1. The van der Waals surface area contributed by atoms with E-state index in [-0.39, 0.29) is 22.7 Å². The summed E-state index contributed by atoms with van der Waals surface area (Å²) in [6.45, 7) is 8.23. The van der Waals surface area contributed by atoms with E-state index in [1.165, 1.54) is 17.0 Å². The summed E-state index contributed by atoms with van der Waals surface area (Å²) >= 11 is 0. The minimum atomic E-state index is -0.282. The topological polar surface area (TPSA) is 76.1 Å². The number of hydrogen-bond acceptors (Lipinski definition) is 4. The van der Waals surface area contributed by atoms with Crippen molar-refractivity contribution in [3.8, 4) is 22.6 Å². The minimum absolute atomic E-state index is 0.0317. The Morgan fingerprint density at radius 3 is 2.26 bits per heavy atom. The second kappa shape index (κ2) is 11.0. The van der Waals surface area contributed by atoms with Crippen molar-refractivity contribution in [1.29, 1.82) is 0 Å². The summed E-state index contributed by atoms with van der Waals surface area (Å²) in [5.41, 5.74) is 2.95. The number of H-pyrrole nitrogens is 1. The van der Waals surface area contributed by atoms with Gasteiger partial charge < -0.3 is 24.3 Å². The quantitative estimate of drug-likeness (QED) is 0.476. The lowest BCUT2D eigenvalue weighted by atomic mass is 9.77. The number of pyridine rings is 1. The van der Waals surface area contributed by atoms with Crippen molar-refractivity contribution >= 4 is 11.6 Å². The number of benzene rings is 2. The fraction of sp³-hybridized carbons (Fsp3) is 0.400. The molecule has 2 aliphatic heterocycles. The number of anilines is 1. The number of halogens is 1. The van der Waals surface area contributed by atoms with Gasteiger partial charge in [-0.3, -0.25) is 9.59 Å². The molecule has 5 rings (SSSR count). The zero-order valence-corrected chi connectivity index (χ0v) is 22.0. The first-order valence-electron chi connectivity index (χ1n) is 13.4. The van der Waals surface area contributed by atoms with Gasteiger partial charge in [0.15, 0.2) is 0 Å². The van der Waals surface area contributed by atoms with Crippen LogP contribution in [0.3, 0.4) is 0 Å². The second-order valence-electron chi connectivity index (χ2n) is 10.3. The number of ether oxygens (including phenoxy) is 2. The third kappa shape index (κ3) is 5.31. The lowest BCUT2D eigenvalue weighted by Crippen LogP contribution is -3.12. The second-order valence-corrected chi connectivity index (χ2v) is 10.3. The van der Waals surface area contributed by atoms with Crippen molar-refractivity contribution in [1.82, 2.24) is 4.98 Å². The Bertz CT molecular complexity index is 1320. The number of likely N-dealkylation sites (tertiary alicyclic amines) is 1. The van der Waals surface area contributed by atoms with Crippen molar-refractivity contribution in [2.75, 3.05) is 37.7 Å². The van der Waals surface area contributed by atoms with E-state index in [2.05, 4.69) is 17.1 Å². The van der Waals surface area contributed by atoms with Crippen LogP contribution in [0.15, 0.2) is 59.5 Å². The molecule has 1 aromatic heterocycles. The minimum Gasteiger partial charge on any atom is -0.493 e. The molecule has 2 aliphatic rings. The molecule has 2 aromatic carbocycles. The molecule has 0 bridgehead atoms. The molecule has 38 heavy (non-hydrogen) atoms. The highest BCUT2D eigenvalue weighted by molar-refractivity contribution is 5.96. The van der Waals surface area contributed by atoms with Crippen LogP contribution in [0.5, 0.6) is 11.5 Å². The van der Waals surface area contributed by atoms with Gasteiger partial charge in [-0.15, -0.1) is 0 Å². The Kier molecular flexibility index (Phi) is 7.51. The first-order chi connectivity index (χ1) is 18.4. The van der Waals surface area contributed by atoms with E-state index in [0.717, 1.165) is 60.7 Å². The zero-order valence-electron chi connectivity index (χ0n) is 22.0. The molecule has 2 N–H and O–H groups in total. The predicted molar refractivity (Wildman–Crippen MR) is 144 cm³/mol. The van der Waals surface area contributed by atoms with E-state index < -0.39 is 0 Å². The maximum Gasteiger partial charge on any atom is 0.271 e. The number of amides is 1. The zero-order chi connectivity index (χ0) is 26.7. The van der Waals surface area contributed by atoms with E-state index in [1.54, 1.807) is 35.4 Å². The first kappa shape index (κ1) is 26.0. The highest BCUT2D eigenvalue weighted by Crippen LogP contribution is 2.41. The number of carbonyl (C=O) groups is 1. The van der Waals surface area contributed by atoms with Gasteiger partial charge in [-0.1, -0.05) is 12.1 Å². The number of rotatable bonds is 8. The Morgan fingerprint density at radius 1 is 1.00 bits per heavy atom. The maximum atomic E-state index is 13.6. The van der Waals surface area contributed by atoms with Crippen LogP contribution in [0.1, 0.15) is 38.7 Å². The monoisotopic (exact) mass is 520 g/mol. The van der Waals surface area contributed by atoms with Crippen LogP contribution in [0.25, 0.3) is 11.1 Å². The smallest absolute Gasteiger partial charge is 0.271 e. The molecule has 0 radical (unpaired) electrons. The molecule has 3 aromatic rings. The third-order valence-corrected chi connectivity index (χ3v) is 7.74. The van der Waals surface area contributed by atoms with E-state index in [9.17, 15) is 14.0 Å². The summed E-state index contributed by atoms with van der Waals surface area (Å²) < 4.78 is 25.7. The van der Waals surface area contributed by atoms with Crippen LogP contribution in [0, 0.1) is 11.2 Å². The molecule has 0 atom stereocenters. The molecular formula is C30H35FN3O4+. The summed E-state index contributed by atoms with van der Waals surface area (Å²) in [6.07, 6.45) is 3.94. The van der Waals surface area contributed by atoms with E-state index in [4.69, 9.17) is 9.47 Å². The Morgan fingerprint density at radius 2 is 1.66 bits per heavy atom. The van der Waals surface area contributed by atoms with Crippen LogP contribution in [0.2, 0.25) is 0 Å². The maximum absolute atomic E-state index is 13.6. The van der Waals surface area contributed by atoms with Crippen LogP contribution in [0.4, 0.5) is 10.1 Å². The average Bonchev–Trinajstić information content (AvgIpc) is 3.22. The summed E-state index contributed by atoms with van der Waals surface area (Å²) in [6, 6.07) is 14.0. The number of piperidine rings is 1. The van der Waals surface area contributed by atoms with Crippen molar-refractivity contribution in [3.63, 3.8) is 0 Å². The SMILES string of the molecule is CCOc1cc(C[NH+]2CCC3(CC2)CC(=O)N(c2ccc[nH]c2=O)C3)cc(OCC)c1-c1ccc(F)cc1. The highest BCUT2D eigenvalue weighted by atomic mass is 19.1. The lowest BCUT2D eigenvalue weighted by molar-refractivity contribution is -0.921. The van der Waals surface area contributed by atoms with Crippen LogP contribution in [-0.2, 0) is 11.3 Å². The molecule has 0 saturated carbocycles. The van der Waals surface area contributed by atoms with Crippen molar-refractivity contribution < 1.29 is 23.6 Å². The van der Waals surface area contributed by atoms with Gasteiger partial charge in [0.2, 0.25) is 5.91 Å². The predicted octanol–water partition coefficient (Wildman–Crippen LogP) is 3.58. The van der Waals surface area contributed by atoms with Gasteiger partial charge in [0.25, 0.3) is 5.56 Å². The van der Waals surface area contributed by atoms with Gasteiger partial charge >= 0.3 is 0 Å². The molecule has 0 unspecified atom stereocenters. The molecule has 200 valence electrons. The molecule has 2 saturated heterocycles. The van der Waals surface area contributed by atoms with E-state index in [0.29, 0.717) is 31.9 Å². The molecule has 1 spiro atoms. The van der Waals surface area contributed by atoms with Crippen LogP contribution >= 0.6 is 0 Å². The number of hydrogen-bond donors (Lipinski definition) is 2. The number of nitrogens with zero attached hydrogens (tertiary/aromatic N) is 1. The van der Waals surface area contributed by atoms with Crippen molar-refractivity contribution in [3.05, 3.63) is 76.5 Å². The van der Waals surface area contributed by atoms with Crippen LogP contribution in [-0.4, -0.2) is 43.7 Å². The van der Waals surface area contributed by atoms with Gasteiger partial charge in [0, 0.05) is 43.0 Å². The van der Waals surface area contributed by atoms with Gasteiger partial charge in [0.1, 0.15) is 29.5 Å². The molecule has 3 heterocycles. The Labute approximate surface area is 222 Å². The van der Waals surface area contributed by atoms with Gasteiger partial charge in [-0.2, -0.15) is 0 Å². The lowest BCUT2D eigenvalue weighted by Gasteiger charge is -2.36. The van der Waals surface area contributed by atoms with Crippen molar-refractivity contribution in [2.45, 2.75) is 39.7 Å². The molecule has 1 amide bonds. The fourth-order valence-electron chi connectivity index (χ4n) is 5.86. The number of quaternary nitrogens is 1. The Balaban J connectivity index is 1.32. The number of nitrogens with one attached hydrogen (secondary N) is 2. The highest BCUT2D eigenvalue weighted by Gasteiger charge is 2.47. The largest absolute Gasteiger partial charge is 0.493 e. The van der Waals surface area contributed by atoms with Gasteiger partial charge in [0.05, 0.1) is 31.9 Å². The normalized spacial score (nSPS) is 21.2. The molecule has 2 fully saturated rings. The van der Waals surface area contributed by atoms with Crippen LogP contribution < -0.4 is 24.8 Å². The Hall–Kier alpha value is -3.65. The van der Waals surface area contributed by atoms with Crippen molar-refractivity contribution in [2.24, 2.45) is 5.41 Å². The molecule has 7 nitrogen and oxygen atoms in total. The first-order valence-corrected chi connectivity index (χ1v) is 13.4. The summed E-state index contributed by atoms with van der Waals surface area (Å²) in [4.78, 5) is 30.9. The van der Waals surface area contributed by atoms with Gasteiger partial charge in [-0.05, 0) is 55.8 Å². The standard InChI is InChI=1S/C30H34FN3O4/c1-3-37-25-16-21(17-26(38-4-2)28(25)22-7-9-23(31)10-8-22)19-33-14-11-30(12-15-33)18-27(35)34(20-30)24-6-5-13-32-29(24)36/h5-10,13,16-17H,3-4,11-12,14-15,18-20H2,1-2H3,(H,32,36)/p+1. The van der Waals surface area contributed by atoms with E-state index >= 15 is 0 Å². The van der Waals surface area contributed by atoms with E-state index in [1.807, 2.05) is 13.8 Å². The summed E-state index contributed by atoms with van der Waals surface area (Å²) in [7, 11) is 0. The fourth-order valence-corrected chi connectivity index (χ4v) is 5.86. The third-order valence-electron chi connectivity index (χ3n) is 7.74.